The minimum atomic E-state index is -1.09. The topological polar surface area (TPSA) is 75.6 Å². The van der Waals surface area contributed by atoms with Gasteiger partial charge in [0.25, 0.3) is 0 Å². The van der Waals surface area contributed by atoms with E-state index in [1.807, 2.05) is 18.2 Å². The number of hydrogen-bond acceptors (Lipinski definition) is 3. The van der Waals surface area contributed by atoms with Crippen molar-refractivity contribution in [2.75, 3.05) is 0 Å². The summed E-state index contributed by atoms with van der Waals surface area (Å²) in [5.41, 5.74) is 0.194. The third-order valence-electron chi connectivity index (χ3n) is 2.35. The van der Waals surface area contributed by atoms with Crippen LogP contribution in [-0.4, -0.2) is 28.8 Å². The normalized spacial score (nSPS) is 12.6. The second-order valence-corrected chi connectivity index (χ2v) is 8.01. The molecule has 0 aliphatic rings. The van der Waals surface area contributed by atoms with Crippen LogP contribution in [0.15, 0.2) is 18.2 Å². The van der Waals surface area contributed by atoms with Gasteiger partial charge in [-0.25, -0.2) is 9.59 Å². The summed E-state index contributed by atoms with van der Waals surface area (Å²) in [6.45, 7) is 5.18. The Morgan fingerprint density at radius 2 is 1.76 bits per heavy atom. The lowest BCUT2D eigenvalue weighted by molar-refractivity contribution is -0.139. The maximum Gasteiger partial charge on any atom is 0.408 e. The quantitative estimate of drug-likeness (QED) is 0.601. The van der Waals surface area contributed by atoms with E-state index in [1.54, 1.807) is 20.8 Å². The van der Waals surface area contributed by atoms with Crippen molar-refractivity contribution in [3.63, 3.8) is 0 Å². The first-order chi connectivity index (χ1) is 9.56. The number of halogens is 2. The molecule has 7 heteroatoms. The second-order valence-electron chi connectivity index (χ2n) is 5.52. The molecular formula is C14H17I2NO4. The number of aliphatic carboxylic acids is 1. The molecule has 0 aliphatic heterocycles. The maximum absolute atomic E-state index is 11.7. The lowest BCUT2D eigenvalue weighted by Crippen LogP contribution is -2.44. The number of carboxylic acids is 1. The third-order valence-corrected chi connectivity index (χ3v) is 3.60. The Bertz CT molecular complexity index is 520. The molecule has 5 nitrogen and oxygen atoms in total. The van der Waals surface area contributed by atoms with Gasteiger partial charge in [-0.1, -0.05) is 0 Å². The minimum Gasteiger partial charge on any atom is -0.480 e. The summed E-state index contributed by atoms with van der Waals surface area (Å²) < 4.78 is 7.14. The molecule has 0 fully saturated rings. The average molecular weight is 517 g/mol. The molecule has 0 radical (unpaired) electrons. The number of rotatable bonds is 4. The van der Waals surface area contributed by atoms with Crippen LogP contribution in [0.3, 0.4) is 0 Å². The summed E-state index contributed by atoms with van der Waals surface area (Å²) in [6.07, 6.45) is -0.517. The second kappa shape index (κ2) is 7.61. The average Bonchev–Trinajstić information content (AvgIpc) is 2.23. The standard InChI is InChI=1S/C14H17I2NO4/c1-14(2,3)21-13(20)17-11(12(18)19)6-8-4-9(15)7-10(16)5-8/h4-5,7,11H,6H2,1-3H3,(H,17,20)(H,18,19)/t11-/m0/s1. The molecule has 0 heterocycles. The lowest BCUT2D eigenvalue weighted by atomic mass is 10.1. The Morgan fingerprint density at radius 3 is 2.19 bits per heavy atom. The summed E-state index contributed by atoms with van der Waals surface area (Å²) in [5.74, 6) is -1.09. The van der Waals surface area contributed by atoms with Gasteiger partial charge in [-0.15, -0.1) is 0 Å². The number of hydrogen-bond donors (Lipinski definition) is 2. The molecule has 1 atom stereocenters. The maximum atomic E-state index is 11.7. The van der Waals surface area contributed by atoms with Gasteiger partial charge in [0.05, 0.1) is 0 Å². The third kappa shape index (κ3) is 7.30. The Kier molecular flexibility index (Phi) is 6.70. The summed E-state index contributed by atoms with van der Waals surface area (Å²) in [7, 11) is 0. The van der Waals surface area contributed by atoms with Crippen LogP contribution in [-0.2, 0) is 16.0 Å². The number of carboxylic acid groups (broad SMARTS) is 1. The predicted molar refractivity (Wildman–Crippen MR) is 96.4 cm³/mol. The molecule has 0 aliphatic carbocycles. The van der Waals surface area contributed by atoms with E-state index >= 15 is 0 Å². The van der Waals surface area contributed by atoms with Crippen molar-refractivity contribution in [2.24, 2.45) is 0 Å². The molecule has 21 heavy (non-hydrogen) atoms. The van der Waals surface area contributed by atoms with Crippen LogP contribution in [0, 0.1) is 7.14 Å². The molecule has 0 spiro atoms. The van der Waals surface area contributed by atoms with Crippen molar-refractivity contribution in [3.8, 4) is 0 Å². The Hall–Kier alpha value is -0.580. The number of carbonyl (C=O) groups excluding carboxylic acids is 1. The number of nitrogens with one attached hydrogen (secondary N) is 1. The molecule has 0 saturated carbocycles. The van der Waals surface area contributed by atoms with Gasteiger partial charge in [0.1, 0.15) is 11.6 Å². The van der Waals surface area contributed by atoms with Gasteiger partial charge in [0.2, 0.25) is 0 Å². The van der Waals surface area contributed by atoms with Crippen LogP contribution in [0.25, 0.3) is 0 Å². The number of alkyl carbamates (subject to hydrolysis) is 1. The van der Waals surface area contributed by atoms with Crippen LogP contribution in [0.4, 0.5) is 4.79 Å². The van der Waals surface area contributed by atoms with E-state index < -0.39 is 23.7 Å². The van der Waals surface area contributed by atoms with Gasteiger partial charge in [-0.2, -0.15) is 0 Å². The van der Waals surface area contributed by atoms with Gasteiger partial charge in [-0.05, 0) is 89.7 Å². The van der Waals surface area contributed by atoms with E-state index in [4.69, 9.17) is 4.74 Å². The molecule has 0 saturated heterocycles. The van der Waals surface area contributed by atoms with Crippen molar-refractivity contribution in [3.05, 3.63) is 30.9 Å². The number of carbonyl (C=O) groups is 2. The first kappa shape index (κ1) is 18.5. The van der Waals surface area contributed by atoms with E-state index in [9.17, 15) is 14.7 Å². The van der Waals surface area contributed by atoms with E-state index in [0.717, 1.165) is 12.7 Å². The largest absolute Gasteiger partial charge is 0.480 e. The first-order valence-corrected chi connectivity index (χ1v) is 8.40. The van der Waals surface area contributed by atoms with Crippen LogP contribution >= 0.6 is 45.2 Å². The fourth-order valence-electron chi connectivity index (χ4n) is 1.61. The highest BCUT2D eigenvalue weighted by Gasteiger charge is 2.24. The monoisotopic (exact) mass is 517 g/mol. The van der Waals surface area contributed by atoms with Crippen molar-refractivity contribution >= 4 is 57.2 Å². The Labute approximate surface area is 151 Å². The summed E-state index contributed by atoms with van der Waals surface area (Å²) >= 11 is 4.35. The zero-order chi connectivity index (χ0) is 16.2. The molecule has 116 valence electrons. The number of amides is 1. The zero-order valence-corrected chi connectivity index (χ0v) is 16.3. The molecule has 2 N–H and O–H groups in total. The summed E-state index contributed by atoms with van der Waals surface area (Å²) in [4.78, 5) is 23.0. The van der Waals surface area contributed by atoms with E-state index in [-0.39, 0.29) is 6.42 Å². The van der Waals surface area contributed by atoms with Gasteiger partial charge in [0.15, 0.2) is 0 Å². The molecule has 0 aromatic heterocycles. The van der Waals surface area contributed by atoms with Gasteiger partial charge < -0.3 is 15.2 Å². The van der Waals surface area contributed by atoms with Gasteiger partial charge in [0, 0.05) is 13.6 Å². The highest BCUT2D eigenvalue weighted by molar-refractivity contribution is 14.1. The molecule has 0 unspecified atom stereocenters. The van der Waals surface area contributed by atoms with Crippen LogP contribution in [0.1, 0.15) is 26.3 Å². The smallest absolute Gasteiger partial charge is 0.408 e. The molecule has 1 rings (SSSR count). The number of benzene rings is 1. The molecule has 1 aromatic rings. The minimum absolute atomic E-state index is 0.210. The van der Waals surface area contributed by atoms with E-state index in [1.165, 1.54) is 0 Å². The fourth-order valence-corrected chi connectivity index (χ4v) is 3.68. The van der Waals surface area contributed by atoms with Crippen molar-refractivity contribution in [1.29, 1.82) is 0 Å². The number of ether oxygens (including phenoxy) is 1. The molecular weight excluding hydrogens is 500 g/mol. The molecule has 1 aromatic carbocycles. The molecule has 1 amide bonds. The van der Waals surface area contributed by atoms with Crippen molar-refractivity contribution in [1.82, 2.24) is 5.32 Å². The summed E-state index contributed by atoms with van der Waals surface area (Å²) in [6, 6.07) is 4.76. The van der Waals surface area contributed by atoms with E-state index in [2.05, 4.69) is 50.5 Å². The van der Waals surface area contributed by atoms with Crippen molar-refractivity contribution < 1.29 is 19.4 Å². The van der Waals surface area contributed by atoms with Crippen LogP contribution in [0.5, 0.6) is 0 Å². The fraction of sp³-hybridized carbons (Fsp3) is 0.429. The highest BCUT2D eigenvalue weighted by Crippen LogP contribution is 2.16. The molecule has 0 bridgehead atoms. The predicted octanol–water partition coefficient (Wildman–Crippen LogP) is 3.42. The van der Waals surface area contributed by atoms with Crippen LogP contribution < -0.4 is 5.32 Å². The van der Waals surface area contributed by atoms with Gasteiger partial charge >= 0.3 is 12.1 Å². The van der Waals surface area contributed by atoms with E-state index in [0.29, 0.717) is 0 Å². The zero-order valence-electron chi connectivity index (χ0n) is 11.9. The Balaban J connectivity index is 2.78. The van der Waals surface area contributed by atoms with Gasteiger partial charge in [-0.3, -0.25) is 0 Å². The summed E-state index contributed by atoms with van der Waals surface area (Å²) in [5, 5.41) is 11.6. The Morgan fingerprint density at radius 1 is 1.24 bits per heavy atom. The van der Waals surface area contributed by atoms with Crippen molar-refractivity contribution in [2.45, 2.75) is 38.8 Å². The highest BCUT2D eigenvalue weighted by atomic mass is 127. The first-order valence-electron chi connectivity index (χ1n) is 6.24. The lowest BCUT2D eigenvalue weighted by Gasteiger charge is -2.22. The van der Waals surface area contributed by atoms with Crippen LogP contribution in [0.2, 0.25) is 0 Å². The SMILES string of the molecule is CC(C)(C)OC(=O)N[C@@H](Cc1cc(I)cc(I)c1)C(=O)O.